The van der Waals surface area contributed by atoms with E-state index in [1.165, 1.54) is 25.7 Å². The number of likely N-dealkylation sites (tertiary alicyclic amines) is 1. The Bertz CT molecular complexity index is 474. The van der Waals surface area contributed by atoms with Crippen molar-refractivity contribution in [1.29, 1.82) is 0 Å². The average Bonchev–Trinajstić information content (AvgIpc) is 3.01. The van der Waals surface area contributed by atoms with Gasteiger partial charge in [-0.25, -0.2) is 9.97 Å². The molecule has 2 aliphatic rings. The number of anilines is 1. The molecule has 1 N–H and O–H groups in total. The van der Waals surface area contributed by atoms with Gasteiger partial charge in [-0.15, -0.1) is 0 Å². The Balaban J connectivity index is 1.59. The smallest absolute Gasteiger partial charge is 0.274 e. The van der Waals surface area contributed by atoms with Crippen LogP contribution >= 0.6 is 0 Å². The molecule has 0 atom stereocenters. The van der Waals surface area contributed by atoms with Crippen molar-refractivity contribution in [3.63, 3.8) is 0 Å². The minimum atomic E-state index is 0.0156. The Morgan fingerprint density at radius 2 is 1.86 bits per heavy atom. The van der Waals surface area contributed by atoms with E-state index >= 15 is 0 Å². The van der Waals surface area contributed by atoms with Crippen LogP contribution in [0.4, 0.5) is 5.82 Å². The third kappa shape index (κ3) is 3.52. The summed E-state index contributed by atoms with van der Waals surface area (Å²) in [7, 11) is 0. The van der Waals surface area contributed by atoms with Gasteiger partial charge < -0.3 is 10.2 Å². The maximum atomic E-state index is 12.4. The molecule has 1 aromatic heterocycles. The average molecular weight is 288 g/mol. The van der Waals surface area contributed by atoms with Crippen LogP contribution in [0.1, 0.15) is 55.9 Å². The zero-order chi connectivity index (χ0) is 14.7. The van der Waals surface area contributed by atoms with Gasteiger partial charge in [-0.1, -0.05) is 19.8 Å². The highest BCUT2D eigenvalue weighted by Crippen LogP contribution is 2.21. The summed E-state index contributed by atoms with van der Waals surface area (Å²) < 4.78 is 0. The van der Waals surface area contributed by atoms with Crippen molar-refractivity contribution in [3.8, 4) is 0 Å². The molecule has 3 rings (SSSR count). The standard InChI is InChI=1S/C16H24N4O/c1-12-6-8-20(9-7-12)16(21)14-10-18-15(11-17-14)19-13-4-2-3-5-13/h10-13H,2-9H2,1H3,(H,18,19). The summed E-state index contributed by atoms with van der Waals surface area (Å²) in [4.78, 5) is 22.9. The van der Waals surface area contributed by atoms with Crippen molar-refractivity contribution in [3.05, 3.63) is 18.1 Å². The topological polar surface area (TPSA) is 58.1 Å². The molecular weight excluding hydrogens is 264 g/mol. The lowest BCUT2D eigenvalue weighted by Crippen LogP contribution is -2.38. The lowest BCUT2D eigenvalue weighted by molar-refractivity contribution is 0.0691. The molecule has 0 bridgehead atoms. The first-order valence-corrected chi connectivity index (χ1v) is 8.10. The van der Waals surface area contributed by atoms with Crippen LogP contribution in [0.5, 0.6) is 0 Å². The van der Waals surface area contributed by atoms with E-state index in [0.717, 1.165) is 37.7 Å². The monoisotopic (exact) mass is 288 g/mol. The fraction of sp³-hybridized carbons (Fsp3) is 0.688. The number of nitrogens with one attached hydrogen (secondary N) is 1. The summed E-state index contributed by atoms with van der Waals surface area (Å²) in [5.74, 6) is 1.52. The third-order valence-corrected chi connectivity index (χ3v) is 4.65. The summed E-state index contributed by atoms with van der Waals surface area (Å²) in [6.07, 6.45) is 10.4. The molecular formula is C16H24N4O. The lowest BCUT2D eigenvalue weighted by atomic mass is 9.99. The normalized spacial score (nSPS) is 20.7. The Kier molecular flexibility index (Phi) is 4.36. The van der Waals surface area contributed by atoms with Gasteiger partial charge in [-0.3, -0.25) is 4.79 Å². The Morgan fingerprint density at radius 1 is 1.14 bits per heavy atom. The second-order valence-electron chi connectivity index (χ2n) is 6.39. The van der Waals surface area contributed by atoms with Crippen LogP contribution in [0.2, 0.25) is 0 Å². The van der Waals surface area contributed by atoms with Gasteiger partial charge in [0.05, 0.1) is 12.4 Å². The third-order valence-electron chi connectivity index (χ3n) is 4.65. The largest absolute Gasteiger partial charge is 0.366 e. The van der Waals surface area contributed by atoms with E-state index in [9.17, 15) is 4.79 Å². The quantitative estimate of drug-likeness (QED) is 0.929. The van der Waals surface area contributed by atoms with E-state index in [4.69, 9.17) is 0 Å². The summed E-state index contributed by atoms with van der Waals surface area (Å²) in [5, 5.41) is 3.39. The van der Waals surface area contributed by atoms with Gasteiger partial charge in [0.2, 0.25) is 0 Å². The van der Waals surface area contributed by atoms with Gasteiger partial charge in [0.25, 0.3) is 5.91 Å². The van der Waals surface area contributed by atoms with Gasteiger partial charge in [0.15, 0.2) is 0 Å². The van der Waals surface area contributed by atoms with Crippen molar-refractivity contribution < 1.29 is 4.79 Å². The molecule has 0 radical (unpaired) electrons. The molecule has 0 aromatic carbocycles. The highest BCUT2D eigenvalue weighted by molar-refractivity contribution is 5.92. The number of amides is 1. The molecule has 0 unspecified atom stereocenters. The van der Waals surface area contributed by atoms with Crippen LogP contribution in [0.25, 0.3) is 0 Å². The number of carbonyl (C=O) groups excluding carboxylic acids is 1. The zero-order valence-electron chi connectivity index (χ0n) is 12.7. The zero-order valence-corrected chi connectivity index (χ0v) is 12.7. The second-order valence-corrected chi connectivity index (χ2v) is 6.39. The summed E-state index contributed by atoms with van der Waals surface area (Å²) >= 11 is 0. The van der Waals surface area contributed by atoms with E-state index in [1.54, 1.807) is 12.4 Å². The van der Waals surface area contributed by atoms with Gasteiger partial charge >= 0.3 is 0 Å². The van der Waals surface area contributed by atoms with E-state index in [2.05, 4.69) is 22.2 Å². The predicted octanol–water partition coefficient (Wildman–Crippen LogP) is 2.70. The van der Waals surface area contributed by atoms with Crippen molar-refractivity contribution >= 4 is 11.7 Å². The van der Waals surface area contributed by atoms with Gasteiger partial charge in [-0.05, 0) is 31.6 Å². The van der Waals surface area contributed by atoms with Crippen LogP contribution in [0.15, 0.2) is 12.4 Å². The minimum absolute atomic E-state index is 0.0156. The van der Waals surface area contributed by atoms with E-state index in [-0.39, 0.29) is 5.91 Å². The van der Waals surface area contributed by atoms with Gasteiger partial charge in [-0.2, -0.15) is 0 Å². The summed E-state index contributed by atoms with van der Waals surface area (Å²) in [6, 6.07) is 0.518. The van der Waals surface area contributed by atoms with Crippen LogP contribution in [-0.2, 0) is 0 Å². The molecule has 1 saturated carbocycles. The number of aromatic nitrogens is 2. The number of hydrogen-bond acceptors (Lipinski definition) is 4. The fourth-order valence-corrected chi connectivity index (χ4v) is 3.17. The molecule has 1 saturated heterocycles. The Hall–Kier alpha value is -1.65. The number of hydrogen-bond donors (Lipinski definition) is 1. The van der Waals surface area contributed by atoms with E-state index < -0.39 is 0 Å². The highest BCUT2D eigenvalue weighted by atomic mass is 16.2. The molecule has 1 aromatic rings. The molecule has 5 heteroatoms. The molecule has 2 fully saturated rings. The van der Waals surface area contributed by atoms with Crippen molar-refractivity contribution in [1.82, 2.24) is 14.9 Å². The molecule has 1 aliphatic heterocycles. The summed E-state index contributed by atoms with van der Waals surface area (Å²) in [5.41, 5.74) is 0.460. The predicted molar refractivity (Wildman–Crippen MR) is 82.2 cm³/mol. The van der Waals surface area contributed by atoms with Crippen LogP contribution in [0.3, 0.4) is 0 Å². The molecule has 1 aliphatic carbocycles. The number of piperidine rings is 1. The first-order valence-electron chi connectivity index (χ1n) is 8.10. The van der Waals surface area contributed by atoms with Gasteiger partial charge in [0.1, 0.15) is 11.5 Å². The lowest BCUT2D eigenvalue weighted by Gasteiger charge is -2.29. The van der Waals surface area contributed by atoms with Crippen molar-refractivity contribution in [2.75, 3.05) is 18.4 Å². The van der Waals surface area contributed by atoms with Crippen LogP contribution in [0, 0.1) is 5.92 Å². The van der Waals surface area contributed by atoms with Crippen LogP contribution in [-0.4, -0.2) is 39.9 Å². The van der Waals surface area contributed by atoms with E-state index in [0.29, 0.717) is 11.7 Å². The molecule has 21 heavy (non-hydrogen) atoms. The number of carbonyl (C=O) groups is 1. The maximum Gasteiger partial charge on any atom is 0.274 e. The van der Waals surface area contributed by atoms with Crippen molar-refractivity contribution in [2.45, 2.75) is 51.5 Å². The molecule has 5 nitrogen and oxygen atoms in total. The summed E-state index contributed by atoms with van der Waals surface area (Å²) in [6.45, 7) is 3.92. The SMILES string of the molecule is CC1CCN(C(=O)c2cnc(NC3CCCC3)cn2)CC1. The van der Waals surface area contributed by atoms with Gasteiger partial charge in [0, 0.05) is 19.1 Å². The molecule has 2 heterocycles. The van der Waals surface area contributed by atoms with E-state index in [1.807, 2.05) is 4.90 Å². The highest BCUT2D eigenvalue weighted by Gasteiger charge is 2.22. The number of rotatable bonds is 3. The first kappa shape index (κ1) is 14.3. The Morgan fingerprint density at radius 3 is 2.48 bits per heavy atom. The molecule has 114 valence electrons. The Labute approximate surface area is 126 Å². The second kappa shape index (κ2) is 6.41. The van der Waals surface area contributed by atoms with Crippen LogP contribution < -0.4 is 5.32 Å². The minimum Gasteiger partial charge on any atom is -0.366 e. The number of nitrogens with zero attached hydrogens (tertiary/aromatic N) is 3. The van der Waals surface area contributed by atoms with Crippen molar-refractivity contribution in [2.24, 2.45) is 5.92 Å². The first-order chi connectivity index (χ1) is 10.2. The molecule has 0 spiro atoms. The molecule has 1 amide bonds. The maximum absolute atomic E-state index is 12.4. The fourth-order valence-electron chi connectivity index (χ4n) is 3.17.